The van der Waals surface area contributed by atoms with Gasteiger partial charge in [0, 0.05) is 6.54 Å². The fourth-order valence-corrected chi connectivity index (χ4v) is 1.86. The summed E-state index contributed by atoms with van der Waals surface area (Å²) in [4.78, 5) is 24.7. The Morgan fingerprint density at radius 3 is 2.38 bits per heavy atom. The van der Waals surface area contributed by atoms with Gasteiger partial charge in [-0.1, -0.05) is 0 Å². The van der Waals surface area contributed by atoms with Crippen molar-refractivity contribution in [2.75, 3.05) is 27.7 Å². The minimum absolute atomic E-state index is 0.0580. The quantitative estimate of drug-likeness (QED) is 0.701. The maximum Gasteiger partial charge on any atom is 0.326 e. The molecule has 1 heterocycles. The van der Waals surface area contributed by atoms with Crippen LogP contribution in [0.4, 0.5) is 0 Å². The zero-order chi connectivity index (χ0) is 12.5. The van der Waals surface area contributed by atoms with Crippen LogP contribution in [0.15, 0.2) is 0 Å². The molecule has 1 rings (SSSR count). The molecule has 5 heteroatoms. The summed E-state index contributed by atoms with van der Waals surface area (Å²) >= 11 is 0. The van der Waals surface area contributed by atoms with E-state index in [1.165, 1.54) is 4.90 Å². The van der Waals surface area contributed by atoms with Crippen molar-refractivity contribution >= 4 is 11.9 Å². The van der Waals surface area contributed by atoms with E-state index >= 15 is 0 Å². The van der Waals surface area contributed by atoms with Gasteiger partial charge in [0.1, 0.15) is 6.04 Å². The van der Waals surface area contributed by atoms with E-state index in [4.69, 9.17) is 5.11 Å². The summed E-state index contributed by atoms with van der Waals surface area (Å²) in [5.41, 5.74) is 0. The maximum atomic E-state index is 12.2. The van der Waals surface area contributed by atoms with Gasteiger partial charge in [-0.15, -0.1) is 0 Å². The molecule has 2 atom stereocenters. The zero-order valence-corrected chi connectivity index (χ0v) is 10.4. The highest BCUT2D eigenvalue weighted by atomic mass is 16.4. The highest BCUT2D eigenvalue weighted by Gasteiger charge is 2.39. The second kappa shape index (κ2) is 4.41. The summed E-state index contributed by atoms with van der Waals surface area (Å²) in [5.74, 6) is -0.947. The molecular formula is C11H21N2O3+. The fraction of sp³-hybridized carbons (Fsp3) is 0.818. The molecule has 0 saturated carbocycles. The van der Waals surface area contributed by atoms with Crippen LogP contribution in [0.3, 0.4) is 0 Å². The van der Waals surface area contributed by atoms with Crippen LogP contribution in [0.25, 0.3) is 0 Å². The van der Waals surface area contributed by atoms with Gasteiger partial charge in [-0.2, -0.15) is 0 Å². The van der Waals surface area contributed by atoms with E-state index in [-0.39, 0.29) is 11.9 Å². The Balaban J connectivity index is 2.77. The van der Waals surface area contributed by atoms with E-state index < -0.39 is 12.0 Å². The number of likely N-dealkylation sites (tertiary alicyclic amines) is 1. The van der Waals surface area contributed by atoms with Crippen LogP contribution in [0.2, 0.25) is 0 Å². The Hall–Kier alpha value is -1.10. The summed E-state index contributed by atoms with van der Waals surface area (Å²) in [7, 11) is 5.82. The molecule has 1 aliphatic rings. The van der Waals surface area contributed by atoms with Crippen molar-refractivity contribution in [3.8, 4) is 0 Å². The molecule has 0 aromatic heterocycles. The van der Waals surface area contributed by atoms with Gasteiger partial charge in [0.15, 0.2) is 6.04 Å². The molecular weight excluding hydrogens is 208 g/mol. The lowest BCUT2D eigenvalue weighted by Gasteiger charge is -2.34. The van der Waals surface area contributed by atoms with Crippen molar-refractivity contribution in [2.45, 2.75) is 31.8 Å². The number of likely N-dealkylation sites (N-methyl/N-ethyl adjacent to an activating group) is 1. The lowest BCUT2D eigenvalue weighted by molar-refractivity contribution is -0.884. The number of carbonyl (C=O) groups excluding carboxylic acids is 1. The van der Waals surface area contributed by atoms with Crippen molar-refractivity contribution in [3.05, 3.63) is 0 Å². The third-order valence-corrected chi connectivity index (χ3v) is 3.34. The van der Waals surface area contributed by atoms with Crippen LogP contribution >= 0.6 is 0 Å². The van der Waals surface area contributed by atoms with Gasteiger partial charge in [-0.25, -0.2) is 4.79 Å². The van der Waals surface area contributed by atoms with Gasteiger partial charge in [0.2, 0.25) is 0 Å². The third kappa shape index (κ3) is 2.52. The molecule has 0 radical (unpaired) electrons. The molecule has 1 aliphatic heterocycles. The number of carboxylic acids is 1. The molecule has 92 valence electrons. The van der Waals surface area contributed by atoms with Crippen molar-refractivity contribution in [3.63, 3.8) is 0 Å². The highest BCUT2D eigenvalue weighted by molar-refractivity contribution is 5.86. The predicted octanol–water partition coefficient (Wildman–Crippen LogP) is 0.157. The van der Waals surface area contributed by atoms with Crippen molar-refractivity contribution in [1.29, 1.82) is 0 Å². The molecule has 1 amide bonds. The van der Waals surface area contributed by atoms with E-state index in [0.717, 1.165) is 6.42 Å². The maximum absolute atomic E-state index is 12.2. The Bertz CT molecular complexity index is 296. The lowest BCUT2D eigenvalue weighted by atomic mass is 10.2. The topological polar surface area (TPSA) is 57.6 Å². The molecule has 1 fully saturated rings. The van der Waals surface area contributed by atoms with Crippen LogP contribution in [0, 0.1) is 0 Å². The molecule has 0 bridgehead atoms. The van der Waals surface area contributed by atoms with Crippen LogP contribution in [-0.2, 0) is 9.59 Å². The highest BCUT2D eigenvalue weighted by Crippen LogP contribution is 2.20. The Morgan fingerprint density at radius 2 is 1.94 bits per heavy atom. The molecule has 2 unspecified atom stereocenters. The van der Waals surface area contributed by atoms with Gasteiger partial charge in [-0.05, 0) is 19.8 Å². The first kappa shape index (κ1) is 13.0. The molecule has 1 N–H and O–H groups in total. The standard InChI is InChI=1S/C11H20N2O3/c1-8(13(2,3)4)10(14)12-7-5-6-9(12)11(15)16/h8-9H,5-7H2,1-4H3/p+1. The first-order chi connectivity index (χ1) is 7.25. The monoisotopic (exact) mass is 229 g/mol. The Morgan fingerprint density at radius 1 is 1.38 bits per heavy atom. The zero-order valence-electron chi connectivity index (χ0n) is 10.4. The summed E-state index contributed by atoms with van der Waals surface area (Å²) in [6.45, 7) is 2.42. The number of carbonyl (C=O) groups is 2. The fourth-order valence-electron chi connectivity index (χ4n) is 1.86. The van der Waals surface area contributed by atoms with Crippen molar-refractivity contribution < 1.29 is 19.2 Å². The largest absolute Gasteiger partial charge is 0.480 e. The summed E-state index contributed by atoms with van der Waals surface area (Å²) in [6.07, 6.45) is 1.36. The first-order valence-corrected chi connectivity index (χ1v) is 5.59. The van der Waals surface area contributed by atoms with Gasteiger partial charge in [0.25, 0.3) is 5.91 Å². The van der Waals surface area contributed by atoms with Crippen LogP contribution < -0.4 is 0 Å². The van der Waals surface area contributed by atoms with Crippen molar-refractivity contribution in [2.24, 2.45) is 0 Å². The molecule has 1 saturated heterocycles. The minimum Gasteiger partial charge on any atom is -0.480 e. The lowest BCUT2D eigenvalue weighted by Crippen LogP contribution is -2.55. The van der Waals surface area contributed by atoms with E-state index in [1.54, 1.807) is 0 Å². The number of aliphatic carboxylic acids is 1. The number of hydrogen-bond donors (Lipinski definition) is 1. The SMILES string of the molecule is CC(C(=O)N1CCCC1C(=O)O)[N+](C)(C)C. The van der Waals surface area contributed by atoms with Crippen molar-refractivity contribution in [1.82, 2.24) is 4.90 Å². The second-order valence-corrected chi connectivity index (χ2v) is 5.32. The van der Waals surface area contributed by atoms with Gasteiger partial charge in [0.05, 0.1) is 21.1 Å². The van der Waals surface area contributed by atoms with Gasteiger partial charge in [-0.3, -0.25) is 4.79 Å². The summed E-state index contributed by atoms with van der Waals surface area (Å²) < 4.78 is 0.516. The Labute approximate surface area is 96.2 Å². The third-order valence-electron chi connectivity index (χ3n) is 3.34. The van der Waals surface area contributed by atoms with Crippen LogP contribution in [0.5, 0.6) is 0 Å². The van der Waals surface area contributed by atoms with Crippen LogP contribution in [0.1, 0.15) is 19.8 Å². The molecule has 16 heavy (non-hydrogen) atoms. The number of amides is 1. The molecule has 0 aromatic carbocycles. The van der Waals surface area contributed by atoms with E-state index in [9.17, 15) is 9.59 Å². The predicted molar refractivity (Wildman–Crippen MR) is 59.9 cm³/mol. The number of hydrogen-bond acceptors (Lipinski definition) is 2. The number of nitrogens with zero attached hydrogens (tertiary/aromatic N) is 2. The summed E-state index contributed by atoms with van der Waals surface area (Å²) in [5, 5.41) is 9.02. The second-order valence-electron chi connectivity index (χ2n) is 5.32. The first-order valence-electron chi connectivity index (χ1n) is 5.59. The molecule has 0 aromatic rings. The number of rotatable bonds is 3. The summed E-state index contributed by atoms with van der Waals surface area (Å²) in [6, 6.07) is -0.832. The minimum atomic E-state index is -0.889. The molecule has 5 nitrogen and oxygen atoms in total. The van der Waals surface area contributed by atoms with Gasteiger partial charge >= 0.3 is 5.97 Å². The number of carboxylic acid groups (broad SMARTS) is 1. The average Bonchev–Trinajstić information content (AvgIpc) is 2.62. The number of quaternary nitrogens is 1. The normalized spacial score (nSPS) is 23.2. The van der Waals surface area contributed by atoms with Gasteiger partial charge < -0.3 is 14.5 Å². The van der Waals surface area contributed by atoms with Crippen LogP contribution in [-0.4, -0.2) is 66.1 Å². The molecule has 0 spiro atoms. The van der Waals surface area contributed by atoms with E-state index in [2.05, 4.69) is 0 Å². The van der Waals surface area contributed by atoms with E-state index in [1.807, 2.05) is 28.1 Å². The average molecular weight is 229 g/mol. The smallest absolute Gasteiger partial charge is 0.326 e. The Kier molecular flexibility index (Phi) is 3.57. The molecule has 0 aliphatic carbocycles. The van der Waals surface area contributed by atoms with E-state index in [0.29, 0.717) is 17.4 Å².